The minimum Gasteiger partial charge on any atom is -0.309 e. The van der Waals surface area contributed by atoms with Crippen molar-refractivity contribution in [2.24, 2.45) is 0 Å². The maximum absolute atomic E-state index is 2.38. The molecule has 0 radical (unpaired) electrons. The Morgan fingerprint density at radius 2 is 0.903 bits per heavy atom. The average Bonchev–Trinajstić information content (AvgIpc) is 3.18. The highest BCUT2D eigenvalue weighted by atomic mass is 15.0. The van der Waals surface area contributed by atoms with Crippen molar-refractivity contribution >= 4 is 21.8 Å². The van der Waals surface area contributed by atoms with Crippen molar-refractivity contribution in [3.05, 3.63) is 127 Å². The van der Waals surface area contributed by atoms with E-state index in [1.807, 2.05) is 0 Å². The molecule has 0 aliphatic heterocycles. The molecule has 6 aromatic rings. The summed E-state index contributed by atoms with van der Waals surface area (Å²) in [5.74, 6) is 0. The SMILES string of the molecule is c1ccc(-c2cc3c4ccccc4n(-c4ccccc4)c3cc2-c2ccccc2)cc1. The molecule has 1 nitrogen and oxygen atoms in total. The summed E-state index contributed by atoms with van der Waals surface area (Å²) >= 11 is 0. The molecule has 1 heterocycles. The van der Waals surface area contributed by atoms with Gasteiger partial charge in [0.1, 0.15) is 0 Å². The van der Waals surface area contributed by atoms with Crippen LogP contribution in [-0.4, -0.2) is 4.57 Å². The molecule has 0 aliphatic rings. The van der Waals surface area contributed by atoms with Gasteiger partial charge in [-0.25, -0.2) is 0 Å². The zero-order valence-corrected chi connectivity index (χ0v) is 17.1. The number of para-hydroxylation sites is 2. The Kier molecular flexibility index (Phi) is 4.18. The summed E-state index contributed by atoms with van der Waals surface area (Å²) in [7, 11) is 0. The van der Waals surface area contributed by atoms with Gasteiger partial charge in [0.2, 0.25) is 0 Å². The minimum atomic E-state index is 1.18. The Morgan fingerprint density at radius 3 is 1.55 bits per heavy atom. The first-order chi connectivity index (χ1) is 15.4. The first-order valence-electron chi connectivity index (χ1n) is 10.6. The second-order valence-electron chi connectivity index (χ2n) is 7.84. The predicted molar refractivity (Wildman–Crippen MR) is 132 cm³/mol. The van der Waals surface area contributed by atoms with Crippen molar-refractivity contribution in [2.75, 3.05) is 0 Å². The lowest BCUT2D eigenvalue weighted by molar-refractivity contribution is 1.18. The molecular formula is C30H21N. The fourth-order valence-corrected chi connectivity index (χ4v) is 4.58. The Hall–Kier alpha value is -4.10. The largest absolute Gasteiger partial charge is 0.309 e. The van der Waals surface area contributed by atoms with Crippen molar-refractivity contribution in [2.45, 2.75) is 0 Å². The first-order valence-corrected chi connectivity index (χ1v) is 10.6. The fraction of sp³-hybridized carbons (Fsp3) is 0. The zero-order valence-electron chi connectivity index (χ0n) is 17.1. The van der Waals surface area contributed by atoms with Crippen LogP contribution in [0.25, 0.3) is 49.7 Å². The summed E-state index contributed by atoms with van der Waals surface area (Å²) < 4.78 is 2.38. The molecule has 6 rings (SSSR count). The van der Waals surface area contributed by atoms with Crippen molar-refractivity contribution in [3.8, 4) is 27.9 Å². The number of benzene rings is 5. The average molecular weight is 396 g/mol. The van der Waals surface area contributed by atoms with Gasteiger partial charge in [0, 0.05) is 16.5 Å². The van der Waals surface area contributed by atoms with Gasteiger partial charge in [0.05, 0.1) is 11.0 Å². The van der Waals surface area contributed by atoms with E-state index >= 15 is 0 Å². The Balaban J connectivity index is 1.77. The lowest BCUT2D eigenvalue weighted by Gasteiger charge is -2.13. The molecule has 1 heteroatoms. The lowest BCUT2D eigenvalue weighted by Crippen LogP contribution is -1.94. The van der Waals surface area contributed by atoms with Crippen molar-refractivity contribution in [1.82, 2.24) is 4.57 Å². The number of fused-ring (bicyclic) bond motifs is 3. The predicted octanol–water partition coefficient (Wildman–Crippen LogP) is 8.12. The molecule has 0 saturated carbocycles. The van der Waals surface area contributed by atoms with Gasteiger partial charge in [-0.3, -0.25) is 0 Å². The van der Waals surface area contributed by atoms with E-state index in [-0.39, 0.29) is 0 Å². The number of nitrogens with zero attached hydrogens (tertiary/aromatic N) is 1. The van der Waals surface area contributed by atoms with Crippen molar-refractivity contribution in [1.29, 1.82) is 0 Å². The highest BCUT2D eigenvalue weighted by molar-refractivity contribution is 6.12. The van der Waals surface area contributed by atoms with E-state index in [1.54, 1.807) is 0 Å². The molecule has 0 spiro atoms. The molecule has 0 N–H and O–H groups in total. The molecular weight excluding hydrogens is 374 g/mol. The molecule has 0 amide bonds. The third kappa shape index (κ3) is 2.94. The molecule has 31 heavy (non-hydrogen) atoms. The zero-order chi connectivity index (χ0) is 20.6. The second-order valence-corrected chi connectivity index (χ2v) is 7.84. The fourth-order valence-electron chi connectivity index (χ4n) is 4.58. The molecule has 0 bridgehead atoms. The smallest absolute Gasteiger partial charge is 0.0547 e. The van der Waals surface area contributed by atoms with Crippen LogP contribution in [0.3, 0.4) is 0 Å². The molecule has 0 aliphatic carbocycles. The van der Waals surface area contributed by atoms with Gasteiger partial charge < -0.3 is 4.57 Å². The van der Waals surface area contributed by atoms with Crippen LogP contribution in [0.1, 0.15) is 0 Å². The Morgan fingerprint density at radius 1 is 0.387 bits per heavy atom. The van der Waals surface area contributed by atoms with Gasteiger partial charge in [0.15, 0.2) is 0 Å². The Bertz CT molecular complexity index is 1490. The van der Waals surface area contributed by atoms with Crippen LogP contribution in [-0.2, 0) is 0 Å². The Labute approximate surface area is 181 Å². The van der Waals surface area contributed by atoms with Gasteiger partial charge in [-0.05, 0) is 52.6 Å². The van der Waals surface area contributed by atoms with Crippen LogP contribution in [0.2, 0.25) is 0 Å². The summed E-state index contributed by atoms with van der Waals surface area (Å²) in [6.45, 7) is 0. The van der Waals surface area contributed by atoms with E-state index < -0.39 is 0 Å². The van der Waals surface area contributed by atoms with Gasteiger partial charge in [0.25, 0.3) is 0 Å². The molecule has 5 aromatic carbocycles. The molecule has 0 atom stereocenters. The highest BCUT2D eigenvalue weighted by Gasteiger charge is 2.16. The number of hydrogen-bond acceptors (Lipinski definition) is 0. The molecule has 0 unspecified atom stereocenters. The van der Waals surface area contributed by atoms with Crippen LogP contribution >= 0.6 is 0 Å². The van der Waals surface area contributed by atoms with Crippen molar-refractivity contribution in [3.63, 3.8) is 0 Å². The van der Waals surface area contributed by atoms with E-state index in [0.29, 0.717) is 0 Å². The normalized spacial score (nSPS) is 11.2. The molecule has 146 valence electrons. The summed E-state index contributed by atoms with van der Waals surface area (Å²) in [5, 5.41) is 2.55. The number of aromatic nitrogens is 1. The van der Waals surface area contributed by atoms with E-state index in [1.165, 1.54) is 49.7 Å². The summed E-state index contributed by atoms with van der Waals surface area (Å²) in [6, 6.07) is 45.5. The van der Waals surface area contributed by atoms with Gasteiger partial charge in [-0.1, -0.05) is 97.1 Å². The minimum absolute atomic E-state index is 1.18. The monoisotopic (exact) mass is 395 g/mol. The first kappa shape index (κ1) is 17.7. The van der Waals surface area contributed by atoms with E-state index in [9.17, 15) is 0 Å². The maximum atomic E-state index is 2.38. The van der Waals surface area contributed by atoms with Crippen LogP contribution in [0, 0.1) is 0 Å². The lowest BCUT2D eigenvalue weighted by atomic mass is 9.92. The third-order valence-corrected chi connectivity index (χ3v) is 6.00. The van der Waals surface area contributed by atoms with E-state index in [0.717, 1.165) is 0 Å². The van der Waals surface area contributed by atoms with Crippen LogP contribution in [0.15, 0.2) is 127 Å². The summed E-state index contributed by atoms with van der Waals surface area (Å²) in [4.78, 5) is 0. The van der Waals surface area contributed by atoms with Gasteiger partial charge in [-0.15, -0.1) is 0 Å². The van der Waals surface area contributed by atoms with E-state index in [4.69, 9.17) is 0 Å². The van der Waals surface area contributed by atoms with Crippen LogP contribution in [0.4, 0.5) is 0 Å². The van der Waals surface area contributed by atoms with E-state index in [2.05, 4.69) is 132 Å². The standard InChI is InChI=1S/C30H21N/c1-4-12-22(13-5-1)26-20-28-25-18-10-11-19-29(25)31(24-16-8-3-9-17-24)30(28)21-27(26)23-14-6-2-7-15-23/h1-21H. The highest BCUT2D eigenvalue weighted by Crippen LogP contribution is 2.40. The topological polar surface area (TPSA) is 4.93 Å². The summed E-state index contributed by atoms with van der Waals surface area (Å²) in [6.07, 6.45) is 0. The van der Waals surface area contributed by atoms with Gasteiger partial charge >= 0.3 is 0 Å². The molecule has 1 aromatic heterocycles. The quantitative estimate of drug-likeness (QED) is 0.285. The number of hydrogen-bond donors (Lipinski definition) is 0. The molecule has 0 saturated heterocycles. The molecule has 0 fully saturated rings. The second kappa shape index (κ2) is 7.30. The number of rotatable bonds is 3. The maximum Gasteiger partial charge on any atom is 0.0547 e. The third-order valence-electron chi connectivity index (χ3n) is 6.00. The van der Waals surface area contributed by atoms with Crippen LogP contribution < -0.4 is 0 Å². The van der Waals surface area contributed by atoms with Gasteiger partial charge in [-0.2, -0.15) is 0 Å². The summed E-state index contributed by atoms with van der Waals surface area (Å²) in [5.41, 5.74) is 8.61. The van der Waals surface area contributed by atoms with Crippen LogP contribution in [0.5, 0.6) is 0 Å². The van der Waals surface area contributed by atoms with Crippen molar-refractivity contribution < 1.29 is 0 Å².